The Hall–Kier alpha value is -4.86. The molecule has 0 spiro atoms. The minimum atomic E-state index is -0.941. The average Bonchev–Trinajstić information content (AvgIpc) is 3.48. The molecule has 4 aromatic rings. The SMILES string of the molecule is CCN1C(=O)c2nc(-c3ccc(-c4cccc(CC(N)=O)c4)cc3)n(Cc3ccc(F)c(F)c3)c2N2CC(C)(C)N=C12. The molecule has 10 heteroatoms. The molecule has 214 valence electrons. The van der Waals surface area contributed by atoms with Crippen LogP contribution < -0.4 is 10.6 Å². The maximum absolute atomic E-state index is 14.2. The Morgan fingerprint density at radius 1 is 0.952 bits per heavy atom. The highest BCUT2D eigenvalue weighted by atomic mass is 19.2. The maximum Gasteiger partial charge on any atom is 0.283 e. The Bertz CT molecular complexity index is 1760. The summed E-state index contributed by atoms with van der Waals surface area (Å²) in [5, 5.41) is 0. The molecule has 0 radical (unpaired) electrons. The number of primary amides is 1. The van der Waals surface area contributed by atoms with E-state index in [-0.39, 0.29) is 24.6 Å². The summed E-state index contributed by atoms with van der Waals surface area (Å²) in [4.78, 5) is 38.4. The van der Waals surface area contributed by atoms with E-state index in [1.807, 2.05) is 78.8 Å². The zero-order chi connectivity index (χ0) is 29.8. The summed E-state index contributed by atoms with van der Waals surface area (Å²) in [5.41, 5.74) is 9.18. The van der Waals surface area contributed by atoms with Crippen molar-refractivity contribution < 1.29 is 18.4 Å². The second kappa shape index (κ2) is 10.2. The van der Waals surface area contributed by atoms with Crippen LogP contribution in [-0.2, 0) is 17.8 Å². The summed E-state index contributed by atoms with van der Waals surface area (Å²) in [5.74, 6) is -0.857. The van der Waals surface area contributed by atoms with Crippen molar-refractivity contribution in [3.63, 3.8) is 0 Å². The van der Waals surface area contributed by atoms with Crippen molar-refractivity contribution >= 4 is 23.6 Å². The van der Waals surface area contributed by atoms with E-state index >= 15 is 0 Å². The number of hydrogen-bond acceptors (Lipinski definition) is 5. The molecule has 0 saturated carbocycles. The smallest absolute Gasteiger partial charge is 0.283 e. The highest BCUT2D eigenvalue weighted by molar-refractivity contribution is 6.18. The van der Waals surface area contributed by atoms with E-state index in [1.54, 1.807) is 4.90 Å². The molecule has 42 heavy (non-hydrogen) atoms. The molecule has 0 bridgehead atoms. The zero-order valence-corrected chi connectivity index (χ0v) is 23.6. The van der Waals surface area contributed by atoms with Gasteiger partial charge in [0.05, 0.1) is 25.0 Å². The first-order valence-electron chi connectivity index (χ1n) is 13.8. The van der Waals surface area contributed by atoms with E-state index in [1.165, 1.54) is 12.1 Å². The number of guanidine groups is 1. The number of hydrogen-bond donors (Lipinski definition) is 1. The number of aliphatic imine (C=N–C) groups is 1. The van der Waals surface area contributed by atoms with Crippen LogP contribution >= 0.6 is 0 Å². The number of nitrogens with zero attached hydrogens (tertiary/aromatic N) is 5. The Morgan fingerprint density at radius 2 is 1.69 bits per heavy atom. The van der Waals surface area contributed by atoms with Crippen molar-refractivity contribution in [3.8, 4) is 22.5 Å². The van der Waals surface area contributed by atoms with Gasteiger partial charge in [0.2, 0.25) is 11.9 Å². The third-order valence-electron chi connectivity index (χ3n) is 7.50. The lowest BCUT2D eigenvalue weighted by Gasteiger charge is -2.34. The Morgan fingerprint density at radius 3 is 2.38 bits per heavy atom. The van der Waals surface area contributed by atoms with Gasteiger partial charge in [-0.2, -0.15) is 0 Å². The van der Waals surface area contributed by atoms with Crippen LogP contribution in [0, 0.1) is 11.6 Å². The highest BCUT2D eigenvalue weighted by Gasteiger charge is 2.45. The minimum Gasteiger partial charge on any atom is -0.369 e. The number of imidazole rings is 1. The monoisotopic (exact) mass is 568 g/mol. The first kappa shape index (κ1) is 27.3. The first-order chi connectivity index (χ1) is 20.0. The van der Waals surface area contributed by atoms with Gasteiger partial charge in [-0.3, -0.25) is 19.4 Å². The number of anilines is 1. The van der Waals surface area contributed by atoms with E-state index in [0.29, 0.717) is 36.3 Å². The number of carbonyl (C=O) groups excluding carboxylic acids is 2. The number of amides is 2. The molecule has 1 aromatic heterocycles. The second-order valence-electron chi connectivity index (χ2n) is 11.2. The van der Waals surface area contributed by atoms with Gasteiger partial charge in [0, 0.05) is 12.1 Å². The van der Waals surface area contributed by atoms with Gasteiger partial charge in [0.15, 0.2) is 17.3 Å². The molecule has 2 N–H and O–H groups in total. The van der Waals surface area contributed by atoms with Gasteiger partial charge in [-0.05, 0) is 55.2 Å². The summed E-state index contributed by atoms with van der Waals surface area (Å²) >= 11 is 0. The molecule has 0 unspecified atom stereocenters. The van der Waals surface area contributed by atoms with Gasteiger partial charge in [0.1, 0.15) is 11.6 Å². The number of halogens is 2. The summed E-state index contributed by atoms with van der Waals surface area (Å²) in [7, 11) is 0. The molecule has 2 aliphatic rings. The van der Waals surface area contributed by atoms with Crippen molar-refractivity contribution in [2.45, 2.75) is 39.3 Å². The van der Waals surface area contributed by atoms with E-state index in [4.69, 9.17) is 15.7 Å². The van der Waals surface area contributed by atoms with Crippen molar-refractivity contribution in [1.82, 2.24) is 14.5 Å². The summed E-state index contributed by atoms with van der Waals surface area (Å²) in [6.07, 6.45) is 0.153. The molecular formula is C32H30F2N6O2. The average molecular weight is 569 g/mol. The Balaban J connectivity index is 1.47. The number of rotatable bonds is 7. The topological polar surface area (TPSA) is 96.8 Å². The van der Waals surface area contributed by atoms with Crippen LogP contribution in [0.15, 0.2) is 71.7 Å². The van der Waals surface area contributed by atoms with Crippen LogP contribution in [0.3, 0.4) is 0 Å². The lowest BCUT2D eigenvalue weighted by Crippen LogP contribution is -2.51. The predicted octanol–water partition coefficient (Wildman–Crippen LogP) is 5.00. The summed E-state index contributed by atoms with van der Waals surface area (Å²) in [6, 6.07) is 19.1. The fourth-order valence-corrected chi connectivity index (χ4v) is 5.63. The van der Waals surface area contributed by atoms with Gasteiger partial charge < -0.3 is 10.3 Å². The molecule has 0 saturated heterocycles. The number of carbonyl (C=O) groups is 2. The van der Waals surface area contributed by atoms with Crippen LogP contribution in [-0.4, -0.2) is 50.9 Å². The van der Waals surface area contributed by atoms with E-state index in [2.05, 4.69) is 0 Å². The van der Waals surface area contributed by atoms with Crippen LogP contribution in [0.4, 0.5) is 14.6 Å². The van der Waals surface area contributed by atoms with Crippen LogP contribution in [0.1, 0.15) is 42.4 Å². The maximum atomic E-state index is 14.2. The largest absolute Gasteiger partial charge is 0.369 e. The summed E-state index contributed by atoms with van der Waals surface area (Å²) < 4.78 is 29.9. The molecule has 8 nitrogen and oxygen atoms in total. The van der Waals surface area contributed by atoms with Gasteiger partial charge in [-0.25, -0.2) is 18.8 Å². The number of benzene rings is 3. The molecule has 6 rings (SSSR count). The van der Waals surface area contributed by atoms with Crippen LogP contribution in [0.25, 0.3) is 22.5 Å². The Kier molecular flexibility index (Phi) is 6.64. The van der Waals surface area contributed by atoms with Gasteiger partial charge in [0.25, 0.3) is 5.91 Å². The first-order valence-corrected chi connectivity index (χ1v) is 13.8. The second-order valence-corrected chi connectivity index (χ2v) is 11.2. The quantitative estimate of drug-likeness (QED) is 0.339. The van der Waals surface area contributed by atoms with Gasteiger partial charge in [-0.1, -0.05) is 54.6 Å². The molecule has 0 fully saturated rings. The molecule has 0 aliphatic carbocycles. The minimum absolute atomic E-state index is 0.153. The zero-order valence-electron chi connectivity index (χ0n) is 23.6. The van der Waals surface area contributed by atoms with Gasteiger partial charge >= 0.3 is 0 Å². The lowest BCUT2D eigenvalue weighted by atomic mass is 10.0. The Labute approximate surface area is 242 Å². The fraction of sp³-hybridized carbons (Fsp3) is 0.250. The van der Waals surface area contributed by atoms with E-state index < -0.39 is 23.1 Å². The van der Waals surface area contributed by atoms with Crippen molar-refractivity contribution in [1.29, 1.82) is 0 Å². The lowest BCUT2D eigenvalue weighted by molar-refractivity contribution is -0.117. The van der Waals surface area contributed by atoms with Crippen molar-refractivity contribution in [3.05, 3.63) is 95.2 Å². The summed E-state index contributed by atoms with van der Waals surface area (Å²) in [6.45, 7) is 7.02. The third kappa shape index (κ3) is 4.82. The number of nitrogens with two attached hydrogens (primary N) is 1. The molecule has 2 aliphatic heterocycles. The number of fused-ring (bicyclic) bond motifs is 3. The van der Waals surface area contributed by atoms with E-state index in [9.17, 15) is 18.4 Å². The van der Waals surface area contributed by atoms with Crippen molar-refractivity contribution in [2.75, 3.05) is 18.0 Å². The van der Waals surface area contributed by atoms with Crippen molar-refractivity contribution in [2.24, 2.45) is 10.7 Å². The molecule has 3 aromatic carbocycles. The van der Waals surface area contributed by atoms with Crippen LogP contribution in [0.2, 0.25) is 0 Å². The molecule has 2 amide bonds. The number of aromatic nitrogens is 2. The van der Waals surface area contributed by atoms with Crippen LogP contribution in [0.5, 0.6) is 0 Å². The molecular weight excluding hydrogens is 538 g/mol. The predicted molar refractivity (Wildman–Crippen MR) is 157 cm³/mol. The van der Waals surface area contributed by atoms with E-state index in [0.717, 1.165) is 28.3 Å². The third-order valence-corrected chi connectivity index (χ3v) is 7.50. The fourth-order valence-electron chi connectivity index (χ4n) is 5.63. The molecule has 3 heterocycles. The van der Waals surface area contributed by atoms with Gasteiger partial charge in [-0.15, -0.1) is 0 Å². The normalized spacial score (nSPS) is 15.5. The highest BCUT2D eigenvalue weighted by Crippen LogP contribution is 2.39. The molecule has 0 atom stereocenters. The standard InChI is InChI=1S/C32H30F2N6O2/c1-4-38-30(42)27-29(40-18-32(2,3)37-31(38)40)39(17-20-8-13-24(33)25(34)15-20)28(36-27)22-11-9-21(10-12-22)23-7-5-6-19(14-23)16-26(35)41/h5-15H,4,16-18H2,1-3H3,(H2,35,41).